The summed E-state index contributed by atoms with van der Waals surface area (Å²) < 4.78 is 5.35. The molecule has 1 heterocycles. The zero-order chi connectivity index (χ0) is 18.7. The van der Waals surface area contributed by atoms with Crippen LogP contribution in [0.1, 0.15) is 12.5 Å². The van der Waals surface area contributed by atoms with Crippen LogP contribution in [0.2, 0.25) is 10.0 Å². The summed E-state index contributed by atoms with van der Waals surface area (Å²) in [7, 11) is 1.58. The smallest absolute Gasteiger partial charge is 0.266 e. The second kappa shape index (κ2) is 8.16. The minimum absolute atomic E-state index is 0.106. The molecule has 1 amide bonds. The van der Waals surface area contributed by atoms with Gasteiger partial charge in [-0.2, -0.15) is 0 Å². The number of thioether (sulfide) groups is 1. The Morgan fingerprint density at radius 3 is 2.69 bits per heavy atom. The van der Waals surface area contributed by atoms with Crippen LogP contribution < -0.4 is 4.74 Å². The third-order valence-corrected chi connectivity index (χ3v) is 5.31. The van der Waals surface area contributed by atoms with Gasteiger partial charge >= 0.3 is 0 Å². The summed E-state index contributed by atoms with van der Waals surface area (Å²) in [6, 6.07) is 12.6. The van der Waals surface area contributed by atoms with Crippen molar-refractivity contribution in [2.24, 2.45) is 4.99 Å². The molecule has 134 valence electrons. The van der Waals surface area contributed by atoms with Gasteiger partial charge in [-0.1, -0.05) is 35.3 Å². The summed E-state index contributed by atoms with van der Waals surface area (Å²) in [6.07, 6.45) is 1.77. The number of halogens is 2. The van der Waals surface area contributed by atoms with E-state index in [1.165, 1.54) is 11.8 Å². The van der Waals surface area contributed by atoms with Crippen LogP contribution in [0.4, 0.5) is 5.69 Å². The first-order valence-corrected chi connectivity index (χ1v) is 9.49. The number of amidine groups is 1. The lowest BCUT2D eigenvalue weighted by atomic mass is 10.2. The number of hydrogen-bond acceptors (Lipinski definition) is 4. The Kier molecular flexibility index (Phi) is 5.91. The van der Waals surface area contributed by atoms with Crippen molar-refractivity contribution in [2.45, 2.75) is 6.92 Å². The molecule has 0 radical (unpaired) electrons. The SMILES string of the molecule is CCN1C(=O)/C(=C\c2cc(Cl)ccc2OC)SC1=Nc1ccccc1Cl. The molecule has 0 N–H and O–H groups in total. The predicted octanol–water partition coefficient (Wildman–Crippen LogP) is 5.63. The number of nitrogens with zero attached hydrogens (tertiary/aromatic N) is 2. The first-order chi connectivity index (χ1) is 12.5. The minimum atomic E-state index is -0.106. The van der Waals surface area contributed by atoms with Crippen LogP contribution in [0.3, 0.4) is 0 Å². The highest BCUT2D eigenvalue weighted by Crippen LogP contribution is 2.37. The van der Waals surface area contributed by atoms with Gasteiger partial charge in [-0.3, -0.25) is 9.69 Å². The van der Waals surface area contributed by atoms with E-state index in [-0.39, 0.29) is 5.91 Å². The van der Waals surface area contributed by atoms with Crippen LogP contribution in [-0.4, -0.2) is 29.6 Å². The third-order valence-electron chi connectivity index (χ3n) is 3.75. The van der Waals surface area contributed by atoms with Crippen molar-refractivity contribution in [1.29, 1.82) is 0 Å². The van der Waals surface area contributed by atoms with E-state index in [2.05, 4.69) is 4.99 Å². The fourth-order valence-electron chi connectivity index (χ4n) is 2.47. The van der Waals surface area contributed by atoms with E-state index in [4.69, 9.17) is 27.9 Å². The molecule has 0 saturated carbocycles. The van der Waals surface area contributed by atoms with Crippen LogP contribution in [0, 0.1) is 0 Å². The Balaban J connectivity index is 2.00. The maximum atomic E-state index is 12.8. The topological polar surface area (TPSA) is 41.9 Å². The average molecular weight is 407 g/mol. The minimum Gasteiger partial charge on any atom is -0.496 e. The fourth-order valence-corrected chi connectivity index (χ4v) is 3.88. The molecule has 1 aliphatic rings. The molecule has 0 unspecified atom stereocenters. The molecule has 7 heteroatoms. The van der Waals surface area contributed by atoms with E-state index in [1.54, 1.807) is 42.4 Å². The van der Waals surface area contributed by atoms with Gasteiger partial charge in [0, 0.05) is 17.1 Å². The van der Waals surface area contributed by atoms with E-state index >= 15 is 0 Å². The molecule has 26 heavy (non-hydrogen) atoms. The number of benzene rings is 2. The van der Waals surface area contributed by atoms with E-state index in [9.17, 15) is 4.79 Å². The molecule has 0 atom stereocenters. The van der Waals surface area contributed by atoms with Crippen molar-refractivity contribution in [3.63, 3.8) is 0 Å². The van der Waals surface area contributed by atoms with Gasteiger partial charge in [0.05, 0.1) is 22.7 Å². The largest absolute Gasteiger partial charge is 0.496 e. The predicted molar refractivity (Wildman–Crippen MR) is 110 cm³/mol. The van der Waals surface area contributed by atoms with Crippen molar-refractivity contribution in [3.8, 4) is 5.75 Å². The van der Waals surface area contributed by atoms with Gasteiger partial charge in [-0.25, -0.2) is 4.99 Å². The lowest BCUT2D eigenvalue weighted by molar-refractivity contribution is -0.122. The second-order valence-electron chi connectivity index (χ2n) is 5.39. The summed E-state index contributed by atoms with van der Waals surface area (Å²) in [6.45, 7) is 2.42. The zero-order valence-electron chi connectivity index (χ0n) is 14.2. The van der Waals surface area contributed by atoms with Gasteiger partial charge in [0.25, 0.3) is 5.91 Å². The van der Waals surface area contributed by atoms with Crippen LogP contribution in [-0.2, 0) is 4.79 Å². The standard InChI is InChI=1S/C19H16Cl2N2O2S/c1-3-23-18(24)17(11-12-10-13(20)8-9-16(12)25-2)26-19(23)22-15-7-5-4-6-14(15)21/h4-11H,3H2,1-2H3/b17-11+,22-19?. The van der Waals surface area contributed by atoms with Gasteiger partial charge in [-0.05, 0) is 55.1 Å². The Morgan fingerprint density at radius 1 is 1.23 bits per heavy atom. The first kappa shape index (κ1) is 18.8. The van der Waals surface area contributed by atoms with Crippen LogP contribution >= 0.6 is 35.0 Å². The van der Waals surface area contributed by atoms with E-state index in [1.807, 2.05) is 25.1 Å². The Hall–Kier alpha value is -1.95. The Bertz CT molecular complexity index is 912. The van der Waals surface area contributed by atoms with Crippen molar-refractivity contribution in [1.82, 2.24) is 4.90 Å². The van der Waals surface area contributed by atoms with Gasteiger partial charge < -0.3 is 4.74 Å². The second-order valence-corrected chi connectivity index (χ2v) is 7.24. The summed E-state index contributed by atoms with van der Waals surface area (Å²) in [4.78, 5) is 19.5. The summed E-state index contributed by atoms with van der Waals surface area (Å²) in [5.41, 5.74) is 1.37. The van der Waals surface area contributed by atoms with Crippen molar-refractivity contribution in [3.05, 3.63) is 63.0 Å². The molecule has 0 aromatic heterocycles. The zero-order valence-corrected chi connectivity index (χ0v) is 16.5. The molecule has 2 aromatic carbocycles. The van der Waals surface area contributed by atoms with Crippen molar-refractivity contribution >= 4 is 57.8 Å². The Labute approximate surface area is 166 Å². The lowest BCUT2D eigenvalue weighted by Gasteiger charge is -2.12. The molecule has 0 aliphatic carbocycles. The number of ether oxygens (including phenoxy) is 1. The maximum absolute atomic E-state index is 12.8. The fraction of sp³-hybridized carbons (Fsp3) is 0.158. The molecular formula is C19H16Cl2N2O2S. The molecule has 1 aliphatic heterocycles. The molecular weight excluding hydrogens is 391 g/mol. The third kappa shape index (κ3) is 3.90. The summed E-state index contributed by atoms with van der Waals surface area (Å²) in [5.74, 6) is 0.542. The molecule has 1 fully saturated rings. The number of aliphatic imine (C=N–C) groups is 1. The quantitative estimate of drug-likeness (QED) is 0.618. The van der Waals surface area contributed by atoms with E-state index in [0.717, 1.165) is 5.56 Å². The van der Waals surface area contributed by atoms with Crippen molar-refractivity contribution < 1.29 is 9.53 Å². The highest BCUT2D eigenvalue weighted by atomic mass is 35.5. The number of hydrogen-bond donors (Lipinski definition) is 0. The number of methoxy groups -OCH3 is 1. The van der Waals surface area contributed by atoms with Crippen LogP contribution in [0.15, 0.2) is 52.4 Å². The normalized spacial score (nSPS) is 17.4. The molecule has 1 saturated heterocycles. The van der Waals surface area contributed by atoms with Crippen molar-refractivity contribution in [2.75, 3.05) is 13.7 Å². The average Bonchev–Trinajstić information content (AvgIpc) is 2.92. The first-order valence-electron chi connectivity index (χ1n) is 7.91. The summed E-state index contributed by atoms with van der Waals surface area (Å²) in [5, 5.41) is 1.71. The Morgan fingerprint density at radius 2 is 2.00 bits per heavy atom. The highest BCUT2D eigenvalue weighted by molar-refractivity contribution is 8.18. The van der Waals surface area contributed by atoms with Gasteiger partial charge in [0.1, 0.15) is 5.75 Å². The number of amides is 1. The lowest BCUT2D eigenvalue weighted by Crippen LogP contribution is -2.28. The number of para-hydroxylation sites is 1. The molecule has 2 aromatic rings. The number of likely N-dealkylation sites (N-methyl/N-ethyl adjacent to an activating group) is 1. The molecule has 4 nitrogen and oxygen atoms in total. The number of carbonyl (C=O) groups is 1. The highest BCUT2D eigenvalue weighted by Gasteiger charge is 2.32. The van der Waals surface area contributed by atoms with Gasteiger partial charge in [0.15, 0.2) is 5.17 Å². The van der Waals surface area contributed by atoms with E-state index < -0.39 is 0 Å². The van der Waals surface area contributed by atoms with Gasteiger partial charge in [0.2, 0.25) is 0 Å². The number of rotatable bonds is 4. The van der Waals surface area contributed by atoms with Crippen LogP contribution in [0.5, 0.6) is 5.75 Å². The van der Waals surface area contributed by atoms with Crippen LogP contribution in [0.25, 0.3) is 6.08 Å². The maximum Gasteiger partial charge on any atom is 0.266 e. The monoisotopic (exact) mass is 406 g/mol. The van der Waals surface area contributed by atoms with Gasteiger partial charge in [-0.15, -0.1) is 0 Å². The molecule has 0 spiro atoms. The van der Waals surface area contributed by atoms with E-state index in [0.29, 0.717) is 38.1 Å². The number of carbonyl (C=O) groups excluding carboxylic acids is 1. The molecule has 0 bridgehead atoms. The molecule has 3 rings (SSSR count). The summed E-state index contributed by atoms with van der Waals surface area (Å²) >= 11 is 13.6.